The number of piperidine rings is 1. The molecule has 1 N–H and O–H groups in total. The molecule has 0 radical (unpaired) electrons. The molecule has 1 aromatic heterocycles. The summed E-state index contributed by atoms with van der Waals surface area (Å²) in [6.07, 6.45) is 5.09. The summed E-state index contributed by atoms with van der Waals surface area (Å²) in [6, 6.07) is 15.8. The van der Waals surface area contributed by atoms with Crippen LogP contribution in [-0.4, -0.2) is 47.3 Å². The van der Waals surface area contributed by atoms with Crippen LogP contribution in [0, 0.1) is 6.92 Å². The number of fused-ring (bicyclic) bond motifs is 2. The summed E-state index contributed by atoms with van der Waals surface area (Å²) in [4.78, 5) is 17.2. The number of hydrogen-bond donors (Lipinski definition) is 1. The molecule has 2 aliphatic rings. The second-order valence-electron chi connectivity index (χ2n) is 9.14. The van der Waals surface area contributed by atoms with Crippen LogP contribution >= 0.6 is 0 Å². The third kappa shape index (κ3) is 3.67. The van der Waals surface area contributed by atoms with Crippen LogP contribution in [-0.2, 0) is 28.9 Å². The molecule has 1 spiro atoms. The number of hydrogen-bond acceptors (Lipinski definition) is 4. The van der Waals surface area contributed by atoms with Gasteiger partial charge in [-0.25, -0.2) is 13.4 Å². The van der Waals surface area contributed by atoms with E-state index in [1.165, 1.54) is 28.0 Å². The fourth-order valence-electron chi connectivity index (χ4n) is 5.44. The summed E-state index contributed by atoms with van der Waals surface area (Å²) in [6.45, 7) is 2.73. The van der Waals surface area contributed by atoms with Gasteiger partial charge in [0.1, 0.15) is 0 Å². The highest BCUT2D eigenvalue weighted by molar-refractivity contribution is 7.89. The Balaban J connectivity index is 1.42. The third-order valence-electron chi connectivity index (χ3n) is 7.24. The molecule has 8 heteroatoms. The van der Waals surface area contributed by atoms with Crippen LogP contribution in [0.5, 0.6) is 0 Å². The zero-order valence-electron chi connectivity index (χ0n) is 18.9. The molecule has 0 saturated carbocycles. The fourth-order valence-corrected chi connectivity index (χ4v) is 6.85. The number of carbonyl (C=O) groups is 1. The molecule has 7 nitrogen and oxygen atoms in total. The van der Waals surface area contributed by atoms with Crippen molar-refractivity contribution in [3.63, 3.8) is 0 Å². The Morgan fingerprint density at radius 3 is 2.48 bits per heavy atom. The molecule has 33 heavy (non-hydrogen) atoms. The number of nitrogens with one attached hydrogen (secondary N) is 1. The second-order valence-corrected chi connectivity index (χ2v) is 11.0. The van der Waals surface area contributed by atoms with Gasteiger partial charge in [0.2, 0.25) is 0 Å². The maximum absolute atomic E-state index is 13.2. The molecule has 1 unspecified atom stereocenters. The van der Waals surface area contributed by atoms with Gasteiger partial charge in [-0.1, -0.05) is 42.5 Å². The first kappa shape index (κ1) is 21.9. The average Bonchev–Trinajstić information content (AvgIpc) is 3.37. The number of rotatable bonds is 4. The molecule has 3 aromatic rings. The number of aryl methyl sites for hydroxylation is 2. The minimum atomic E-state index is -3.64. The van der Waals surface area contributed by atoms with Gasteiger partial charge in [-0.05, 0) is 48.9 Å². The number of carbonyl (C=O) groups excluding carboxylic acids is 1. The van der Waals surface area contributed by atoms with Crippen molar-refractivity contribution in [2.75, 3.05) is 13.1 Å². The largest absolute Gasteiger partial charge is 0.348 e. The number of sulfonamides is 1. The molecule has 1 saturated heterocycles. The van der Waals surface area contributed by atoms with Crippen LogP contribution < -0.4 is 5.32 Å². The van der Waals surface area contributed by atoms with E-state index in [9.17, 15) is 13.2 Å². The molecule has 1 aliphatic carbocycles. The number of imidazole rings is 1. The summed E-state index contributed by atoms with van der Waals surface area (Å²) in [5.74, 6) is -0.0752. The van der Waals surface area contributed by atoms with Gasteiger partial charge in [0, 0.05) is 43.4 Å². The van der Waals surface area contributed by atoms with Crippen molar-refractivity contribution in [3.05, 3.63) is 83.3 Å². The smallest absolute Gasteiger partial charge is 0.262 e. The predicted octanol–water partition coefficient (Wildman–Crippen LogP) is 2.81. The molecule has 1 amide bonds. The molecule has 1 atom stereocenters. The number of benzene rings is 2. The summed E-state index contributed by atoms with van der Waals surface area (Å²) < 4.78 is 29.4. The maximum atomic E-state index is 13.2. The van der Waals surface area contributed by atoms with E-state index in [0.717, 1.165) is 12.0 Å². The monoisotopic (exact) mass is 464 g/mol. The van der Waals surface area contributed by atoms with Gasteiger partial charge in [0.05, 0.1) is 6.33 Å². The van der Waals surface area contributed by atoms with Crippen molar-refractivity contribution in [1.29, 1.82) is 0 Å². The third-order valence-corrected chi connectivity index (χ3v) is 9.02. The molecule has 1 fully saturated rings. The van der Waals surface area contributed by atoms with E-state index in [1.54, 1.807) is 11.6 Å². The standard InChI is InChI=1S/C25H28N4O3S/c1-18-7-3-5-9-20(18)24(30)27-22-15-19-8-4-6-10-21(19)25(22)11-13-29(14-12-25)33(31,32)23-16-28(2)17-26-23/h3-10,16-17,22H,11-15H2,1-2H3,(H,27,30). The van der Waals surface area contributed by atoms with Crippen molar-refractivity contribution in [1.82, 2.24) is 19.2 Å². The lowest BCUT2D eigenvalue weighted by atomic mass is 9.71. The highest BCUT2D eigenvalue weighted by Crippen LogP contribution is 2.47. The van der Waals surface area contributed by atoms with Gasteiger partial charge < -0.3 is 9.88 Å². The van der Waals surface area contributed by atoms with E-state index in [1.807, 2.05) is 43.3 Å². The van der Waals surface area contributed by atoms with Crippen LogP contribution in [0.1, 0.15) is 39.9 Å². The summed E-state index contributed by atoms with van der Waals surface area (Å²) >= 11 is 0. The molecular formula is C25H28N4O3S. The molecule has 2 aromatic carbocycles. The van der Waals surface area contributed by atoms with Crippen molar-refractivity contribution < 1.29 is 13.2 Å². The lowest BCUT2D eigenvalue weighted by molar-refractivity contribution is 0.0896. The van der Waals surface area contributed by atoms with Crippen molar-refractivity contribution >= 4 is 15.9 Å². The van der Waals surface area contributed by atoms with Crippen LogP contribution in [0.2, 0.25) is 0 Å². The number of amides is 1. The Bertz CT molecular complexity index is 1310. The van der Waals surface area contributed by atoms with Gasteiger partial charge in [-0.3, -0.25) is 4.79 Å². The molecule has 2 heterocycles. The molecule has 1 aliphatic heterocycles. The van der Waals surface area contributed by atoms with Gasteiger partial charge in [-0.15, -0.1) is 0 Å². The van der Waals surface area contributed by atoms with E-state index in [2.05, 4.69) is 22.4 Å². The lowest BCUT2D eigenvalue weighted by Crippen LogP contribution is -2.54. The molecule has 172 valence electrons. The number of nitrogens with zero attached hydrogens (tertiary/aromatic N) is 3. The zero-order valence-corrected chi connectivity index (χ0v) is 19.7. The zero-order chi connectivity index (χ0) is 23.2. The van der Waals surface area contributed by atoms with Gasteiger partial charge in [0.15, 0.2) is 5.03 Å². The van der Waals surface area contributed by atoms with E-state index in [-0.39, 0.29) is 22.4 Å². The van der Waals surface area contributed by atoms with Gasteiger partial charge >= 0.3 is 0 Å². The average molecular weight is 465 g/mol. The SMILES string of the molecule is Cc1ccccc1C(=O)NC1Cc2ccccc2C12CCN(S(=O)(=O)c1cn(C)cn1)CC2. The topological polar surface area (TPSA) is 84.3 Å². The Morgan fingerprint density at radius 2 is 1.79 bits per heavy atom. The Hall–Kier alpha value is -2.97. The maximum Gasteiger partial charge on any atom is 0.262 e. The highest BCUT2D eigenvalue weighted by Gasteiger charge is 2.50. The van der Waals surface area contributed by atoms with Crippen LogP contribution in [0.25, 0.3) is 0 Å². The van der Waals surface area contributed by atoms with Crippen LogP contribution in [0.15, 0.2) is 66.1 Å². The van der Waals surface area contributed by atoms with Crippen molar-refractivity contribution in [2.45, 2.75) is 42.7 Å². The Morgan fingerprint density at radius 1 is 1.09 bits per heavy atom. The van der Waals surface area contributed by atoms with Crippen LogP contribution in [0.4, 0.5) is 0 Å². The molecular weight excluding hydrogens is 436 g/mol. The second kappa shape index (κ2) is 8.11. The van der Waals surface area contributed by atoms with E-state index in [0.29, 0.717) is 31.5 Å². The first-order valence-corrected chi connectivity index (χ1v) is 12.7. The van der Waals surface area contributed by atoms with Gasteiger partial charge in [0.25, 0.3) is 15.9 Å². The Kier molecular flexibility index (Phi) is 5.37. The normalized spacial score (nSPS) is 20.0. The lowest BCUT2D eigenvalue weighted by Gasteiger charge is -2.43. The Labute approximate surface area is 194 Å². The van der Waals surface area contributed by atoms with E-state index >= 15 is 0 Å². The minimum absolute atomic E-state index is 0.0752. The van der Waals surface area contributed by atoms with Crippen molar-refractivity contribution in [3.8, 4) is 0 Å². The summed E-state index contributed by atoms with van der Waals surface area (Å²) in [5.41, 5.74) is 3.80. The summed E-state index contributed by atoms with van der Waals surface area (Å²) in [5, 5.41) is 3.39. The highest BCUT2D eigenvalue weighted by atomic mass is 32.2. The van der Waals surface area contributed by atoms with E-state index < -0.39 is 10.0 Å². The summed E-state index contributed by atoms with van der Waals surface area (Å²) in [7, 11) is -1.88. The first-order chi connectivity index (χ1) is 15.8. The molecule has 5 rings (SSSR count). The number of aromatic nitrogens is 2. The van der Waals surface area contributed by atoms with Crippen LogP contribution in [0.3, 0.4) is 0 Å². The van der Waals surface area contributed by atoms with E-state index in [4.69, 9.17) is 0 Å². The fraction of sp³-hybridized carbons (Fsp3) is 0.360. The first-order valence-electron chi connectivity index (χ1n) is 11.2. The van der Waals surface area contributed by atoms with Gasteiger partial charge in [-0.2, -0.15) is 4.31 Å². The van der Waals surface area contributed by atoms with Crippen molar-refractivity contribution in [2.24, 2.45) is 7.05 Å². The minimum Gasteiger partial charge on any atom is -0.348 e. The molecule has 0 bridgehead atoms. The quantitative estimate of drug-likeness (QED) is 0.644. The predicted molar refractivity (Wildman–Crippen MR) is 125 cm³/mol.